The van der Waals surface area contributed by atoms with Crippen LogP contribution in [0.2, 0.25) is 0 Å². The number of aryl methyl sites for hydroxylation is 1. The average Bonchev–Trinajstić information content (AvgIpc) is 2.73. The molecule has 152 valence electrons. The molecule has 0 saturated carbocycles. The predicted octanol–water partition coefficient (Wildman–Crippen LogP) is 4.57. The highest BCUT2D eigenvalue weighted by Gasteiger charge is 2.23. The summed E-state index contributed by atoms with van der Waals surface area (Å²) >= 11 is 5.34. The van der Waals surface area contributed by atoms with Crippen molar-refractivity contribution < 1.29 is 9.72 Å². The van der Waals surface area contributed by atoms with Crippen molar-refractivity contribution in [2.75, 3.05) is 10.6 Å². The van der Waals surface area contributed by atoms with Gasteiger partial charge in [0.05, 0.1) is 4.92 Å². The van der Waals surface area contributed by atoms with Crippen LogP contribution in [-0.2, 0) is 4.79 Å². The largest absolute Gasteiger partial charge is 0.347 e. The molecule has 0 heterocycles. The number of anilines is 2. The zero-order chi connectivity index (χ0) is 21.5. The van der Waals surface area contributed by atoms with E-state index in [-0.39, 0.29) is 22.4 Å². The maximum atomic E-state index is 13.0. The number of carbonyl (C=O) groups is 1. The van der Waals surface area contributed by atoms with Gasteiger partial charge in [0.15, 0.2) is 5.11 Å². The van der Waals surface area contributed by atoms with Crippen molar-refractivity contribution in [2.24, 2.45) is 0 Å². The molecular formula is C22H20N4O3S. The quantitative estimate of drug-likeness (QED) is 0.307. The summed E-state index contributed by atoms with van der Waals surface area (Å²) < 4.78 is 0. The molecule has 0 fully saturated rings. The number of nitro benzene ring substituents is 1. The third kappa shape index (κ3) is 5.39. The fraction of sp³-hybridized carbons (Fsp3) is 0.0909. The third-order valence-corrected chi connectivity index (χ3v) is 4.52. The van der Waals surface area contributed by atoms with Crippen LogP contribution in [0.3, 0.4) is 0 Å². The van der Waals surface area contributed by atoms with Crippen LogP contribution in [0.1, 0.15) is 17.2 Å². The molecule has 1 amide bonds. The lowest BCUT2D eigenvalue weighted by atomic mass is 10.1. The van der Waals surface area contributed by atoms with Crippen LogP contribution in [0.25, 0.3) is 0 Å². The average molecular weight is 420 g/mol. The van der Waals surface area contributed by atoms with Gasteiger partial charge in [0.1, 0.15) is 11.7 Å². The molecule has 3 rings (SSSR count). The standard InChI is InChI=1S/C22H20N4O3S/c1-15-8-7-11-17(14-15)23-21(27)20(16-9-3-2-4-10-16)25-22(30)24-18-12-5-6-13-19(18)26(28)29/h2-14,20H,1H3,(H,23,27)(H2,24,25,30). The molecule has 1 unspecified atom stereocenters. The van der Waals surface area contributed by atoms with Gasteiger partial charge in [0, 0.05) is 11.8 Å². The van der Waals surface area contributed by atoms with E-state index >= 15 is 0 Å². The predicted molar refractivity (Wildman–Crippen MR) is 121 cm³/mol. The van der Waals surface area contributed by atoms with Crippen LogP contribution < -0.4 is 16.0 Å². The number of para-hydroxylation sites is 2. The van der Waals surface area contributed by atoms with Crippen LogP contribution in [0.4, 0.5) is 17.1 Å². The van der Waals surface area contributed by atoms with Gasteiger partial charge in [-0.15, -0.1) is 0 Å². The molecule has 7 nitrogen and oxygen atoms in total. The minimum atomic E-state index is -0.797. The lowest BCUT2D eigenvalue weighted by molar-refractivity contribution is -0.383. The number of nitro groups is 1. The Morgan fingerprint density at radius 3 is 2.37 bits per heavy atom. The lowest BCUT2D eigenvalue weighted by Gasteiger charge is -2.21. The fourth-order valence-corrected chi connectivity index (χ4v) is 3.14. The van der Waals surface area contributed by atoms with Crippen molar-refractivity contribution in [2.45, 2.75) is 13.0 Å². The number of benzene rings is 3. The van der Waals surface area contributed by atoms with Gasteiger partial charge in [-0.25, -0.2) is 0 Å². The minimum absolute atomic E-state index is 0.0949. The summed E-state index contributed by atoms with van der Waals surface area (Å²) in [6.45, 7) is 1.94. The van der Waals surface area contributed by atoms with Crippen molar-refractivity contribution in [3.05, 3.63) is 100 Å². The number of nitrogens with one attached hydrogen (secondary N) is 3. The van der Waals surface area contributed by atoms with Crippen molar-refractivity contribution in [3.63, 3.8) is 0 Å². The maximum absolute atomic E-state index is 13.0. The van der Waals surface area contributed by atoms with E-state index < -0.39 is 11.0 Å². The Kier molecular flexibility index (Phi) is 6.71. The summed E-state index contributed by atoms with van der Waals surface area (Å²) in [6, 6.07) is 21.9. The second kappa shape index (κ2) is 9.62. The monoisotopic (exact) mass is 420 g/mol. The summed E-state index contributed by atoms with van der Waals surface area (Å²) in [4.78, 5) is 23.7. The summed E-state index contributed by atoms with van der Waals surface area (Å²) in [6.07, 6.45) is 0. The molecule has 3 aromatic carbocycles. The van der Waals surface area contributed by atoms with Crippen LogP contribution in [0, 0.1) is 17.0 Å². The Balaban J connectivity index is 1.80. The summed E-state index contributed by atoms with van der Waals surface area (Å²) in [5.74, 6) is -0.307. The van der Waals surface area contributed by atoms with Gasteiger partial charge >= 0.3 is 0 Å². The highest BCUT2D eigenvalue weighted by atomic mass is 32.1. The number of rotatable bonds is 6. The molecular weight excluding hydrogens is 400 g/mol. The Labute approximate surface area is 179 Å². The first-order valence-corrected chi connectivity index (χ1v) is 9.58. The van der Waals surface area contributed by atoms with Crippen molar-refractivity contribution in [3.8, 4) is 0 Å². The van der Waals surface area contributed by atoms with E-state index in [4.69, 9.17) is 12.2 Å². The minimum Gasteiger partial charge on any atom is -0.347 e. The third-order valence-electron chi connectivity index (χ3n) is 4.31. The number of carbonyl (C=O) groups excluding carboxylic acids is 1. The Morgan fingerprint density at radius 2 is 1.67 bits per heavy atom. The molecule has 0 saturated heterocycles. The number of hydrogen-bond donors (Lipinski definition) is 3. The van der Waals surface area contributed by atoms with Crippen LogP contribution >= 0.6 is 12.2 Å². The molecule has 0 aliphatic rings. The van der Waals surface area contributed by atoms with E-state index in [0.717, 1.165) is 5.56 Å². The van der Waals surface area contributed by atoms with E-state index in [2.05, 4.69) is 16.0 Å². The van der Waals surface area contributed by atoms with Gasteiger partial charge in [0.2, 0.25) is 0 Å². The number of nitrogens with zero attached hydrogens (tertiary/aromatic N) is 1. The van der Waals surface area contributed by atoms with Crippen molar-refractivity contribution in [1.82, 2.24) is 5.32 Å². The number of thiocarbonyl (C=S) groups is 1. The molecule has 30 heavy (non-hydrogen) atoms. The van der Waals surface area contributed by atoms with Gasteiger partial charge in [-0.2, -0.15) is 0 Å². The first-order chi connectivity index (χ1) is 14.4. The first-order valence-electron chi connectivity index (χ1n) is 9.17. The molecule has 3 aromatic rings. The molecule has 0 bridgehead atoms. The molecule has 0 aliphatic heterocycles. The molecule has 0 aromatic heterocycles. The van der Waals surface area contributed by atoms with Crippen LogP contribution in [-0.4, -0.2) is 15.9 Å². The maximum Gasteiger partial charge on any atom is 0.292 e. The van der Waals surface area contributed by atoms with Gasteiger partial charge in [-0.05, 0) is 48.5 Å². The molecule has 8 heteroatoms. The zero-order valence-electron chi connectivity index (χ0n) is 16.2. The Morgan fingerprint density at radius 1 is 0.967 bits per heavy atom. The van der Waals surface area contributed by atoms with Gasteiger partial charge in [-0.3, -0.25) is 14.9 Å². The fourth-order valence-electron chi connectivity index (χ4n) is 2.91. The second-order valence-electron chi connectivity index (χ2n) is 6.58. The first kappa shape index (κ1) is 20.9. The number of hydrogen-bond acceptors (Lipinski definition) is 4. The normalized spacial score (nSPS) is 11.2. The van der Waals surface area contributed by atoms with E-state index in [1.54, 1.807) is 36.4 Å². The van der Waals surface area contributed by atoms with Crippen LogP contribution in [0.15, 0.2) is 78.9 Å². The van der Waals surface area contributed by atoms with Crippen molar-refractivity contribution in [1.29, 1.82) is 0 Å². The Hall–Kier alpha value is -3.78. The molecule has 0 spiro atoms. The molecule has 0 radical (unpaired) electrons. The summed E-state index contributed by atoms with van der Waals surface area (Å²) in [7, 11) is 0. The number of amides is 1. The second-order valence-corrected chi connectivity index (χ2v) is 6.98. The highest BCUT2D eigenvalue weighted by Crippen LogP contribution is 2.24. The van der Waals surface area contributed by atoms with E-state index in [1.807, 2.05) is 43.3 Å². The van der Waals surface area contributed by atoms with Gasteiger partial charge in [-0.1, -0.05) is 54.6 Å². The summed E-state index contributed by atoms with van der Waals surface area (Å²) in [5, 5.41) is 20.0. The van der Waals surface area contributed by atoms with E-state index in [0.29, 0.717) is 11.3 Å². The molecule has 0 aliphatic carbocycles. The SMILES string of the molecule is Cc1cccc(NC(=O)C(NC(=S)Nc2ccccc2[N+](=O)[O-])c2ccccc2)c1. The van der Waals surface area contributed by atoms with E-state index in [9.17, 15) is 14.9 Å². The summed E-state index contributed by atoms with van der Waals surface area (Å²) in [5.41, 5.74) is 2.52. The van der Waals surface area contributed by atoms with Crippen molar-refractivity contribution >= 4 is 40.3 Å². The molecule has 1 atom stereocenters. The van der Waals surface area contributed by atoms with Gasteiger partial charge < -0.3 is 16.0 Å². The zero-order valence-corrected chi connectivity index (χ0v) is 17.0. The topological polar surface area (TPSA) is 96.3 Å². The van der Waals surface area contributed by atoms with E-state index in [1.165, 1.54) is 6.07 Å². The molecule has 3 N–H and O–H groups in total. The highest BCUT2D eigenvalue weighted by molar-refractivity contribution is 7.80. The van der Waals surface area contributed by atoms with Gasteiger partial charge in [0.25, 0.3) is 11.6 Å². The van der Waals surface area contributed by atoms with Crippen LogP contribution in [0.5, 0.6) is 0 Å². The Bertz CT molecular complexity index is 1070. The lowest BCUT2D eigenvalue weighted by Crippen LogP contribution is -2.39. The smallest absolute Gasteiger partial charge is 0.292 e.